The number of hydrogen-bond donors (Lipinski definition) is 1. The smallest absolute Gasteiger partial charge is 0.432 e. The monoisotopic (exact) mass is 284 g/mol. The van der Waals surface area contributed by atoms with Crippen LogP contribution in [-0.4, -0.2) is 16.8 Å². The molecule has 1 aromatic carbocycles. The standard InChI is InChI=1S/C14H15F3N2O/c1-2-3-8-20-12-7-5-4-6-10(12)11-9-13(19-18-11)14(15,16)17/h4-7,9H,2-3,8H2,1H3,(H,18,19). The van der Waals surface area contributed by atoms with Gasteiger partial charge in [0.2, 0.25) is 0 Å². The van der Waals surface area contributed by atoms with E-state index in [4.69, 9.17) is 4.74 Å². The summed E-state index contributed by atoms with van der Waals surface area (Å²) in [4.78, 5) is 0. The van der Waals surface area contributed by atoms with Gasteiger partial charge in [0, 0.05) is 5.56 Å². The third-order valence-corrected chi connectivity index (χ3v) is 2.80. The second-order valence-electron chi connectivity index (χ2n) is 4.36. The largest absolute Gasteiger partial charge is 0.493 e. The molecule has 1 heterocycles. The molecule has 0 amide bonds. The summed E-state index contributed by atoms with van der Waals surface area (Å²) < 4.78 is 43.3. The summed E-state index contributed by atoms with van der Waals surface area (Å²) in [6.45, 7) is 2.57. The van der Waals surface area contributed by atoms with Crippen LogP contribution in [-0.2, 0) is 6.18 Å². The lowest BCUT2D eigenvalue weighted by molar-refractivity contribution is -0.141. The Labute approximate surface area is 114 Å². The zero-order valence-corrected chi connectivity index (χ0v) is 11.0. The van der Waals surface area contributed by atoms with E-state index >= 15 is 0 Å². The number of unbranched alkanes of at least 4 members (excludes halogenated alkanes) is 1. The Morgan fingerprint density at radius 2 is 2.00 bits per heavy atom. The van der Waals surface area contributed by atoms with Crippen molar-refractivity contribution in [2.45, 2.75) is 25.9 Å². The molecular formula is C14H15F3N2O. The van der Waals surface area contributed by atoms with E-state index in [0.29, 0.717) is 17.9 Å². The number of benzene rings is 1. The Morgan fingerprint density at radius 3 is 2.65 bits per heavy atom. The lowest BCUT2D eigenvalue weighted by Crippen LogP contribution is -2.04. The van der Waals surface area contributed by atoms with Gasteiger partial charge in [0.05, 0.1) is 12.3 Å². The van der Waals surface area contributed by atoms with Crippen LogP contribution in [0.15, 0.2) is 30.3 Å². The second-order valence-corrected chi connectivity index (χ2v) is 4.36. The fourth-order valence-electron chi connectivity index (χ4n) is 1.74. The van der Waals surface area contributed by atoms with Crippen LogP contribution in [0.3, 0.4) is 0 Å². The molecule has 0 saturated carbocycles. The van der Waals surface area contributed by atoms with Crippen molar-refractivity contribution in [1.29, 1.82) is 0 Å². The average molecular weight is 284 g/mol. The van der Waals surface area contributed by atoms with Crippen LogP contribution in [0.4, 0.5) is 13.2 Å². The number of para-hydroxylation sites is 1. The molecule has 0 bridgehead atoms. The van der Waals surface area contributed by atoms with Crippen LogP contribution in [0.5, 0.6) is 5.75 Å². The van der Waals surface area contributed by atoms with Gasteiger partial charge in [0.15, 0.2) is 0 Å². The molecule has 0 saturated heterocycles. The fourth-order valence-corrected chi connectivity index (χ4v) is 1.74. The Morgan fingerprint density at radius 1 is 1.25 bits per heavy atom. The summed E-state index contributed by atoms with van der Waals surface area (Å²) in [5.41, 5.74) is -0.0874. The minimum atomic E-state index is -4.43. The Bertz CT molecular complexity index is 564. The summed E-state index contributed by atoms with van der Waals surface area (Å²) in [6.07, 6.45) is -2.55. The van der Waals surface area contributed by atoms with E-state index in [1.54, 1.807) is 24.3 Å². The molecule has 0 aliphatic carbocycles. The van der Waals surface area contributed by atoms with Gasteiger partial charge in [-0.2, -0.15) is 18.3 Å². The first-order valence-electron chi connectivity index (χ1n) is 6.37. The van der Waals surface area contributed by atoms with Crippen molar-refractivity contribution in [2.75, 3.05) is 6.61 Å². The highest BCUT2D eigenvalue weighted by molar-refractivity contribution is 5.67. The first-order chi connectivity index (χ1) is 9.52. The number of aromatic nitrogens is 2. The normalized spacial score (nSPS) is 11.6. The number of alkyl halides is 3. The Kier molecular flexibility index (Phi) is 4.32. The Balaban J connectivity index is 2.26. The fraction of sp³-hybridized carbons (Fsp3) is 0.357. The van der Waals surface area contributed by atoms with Crippen molar-refractivity contribution in [3.05, 3.63) is 36.0 Å². The quantitative estimate of drug-likeness (QED) is 0.832. The van der Waals surface area contributed by atoms with E-state index in [2.05, 4.69) is 5.10 Å². The van der Waals surface area contributed by atoms with Crippen molar-refractivity contribution >= 4 is 0 Å². The molecule has 2 rings (SSSR count). The maximum absolute atomic E-state index is 12.6. The minimum absolute atomic E-state index is 0.226. The van der Waals surface area contributed by atoms with Crippen LogP contribution in [0.25, 0.3) is 11.3 Å². The molecule has 0 fully saturated rings. The zero-order valence-electron chi connectivity index (χ0n) is 11.0. The van der Waals surface area contributed by atoms with Crippen LogP contribution in [0, 0.1) is 0 Å². The highest BCUT2D eigenvalue weighted by atomic mass is 19.4. The molecule has 0 aliphatic rings. The van der Waals surface area contributed by atoms with E-state index in [0.717, 1.165) is 18.9 Å². The SMILES string of the molecule is CCCCOc1ccccc1-c1cc(C(F)(F)F)[nH]n1. The molecular weight excluding hydrogens is 269 g/mol. The minimum Gasteiger partial charge on any atom is -0.493 e. The number of nitrogens with zero attached hydrogens (tertiary/aromatic N) is 1. The van der Waals surface area contributed by atoms with Gasteiger partial charge in [-0.25, -0.2) is 0 Å². The van der Waals surface area contributed by atoms with Crippen LogP contribution >= 0.6 is 0 Å². The zero-order chi connectivity index (χ0) is 14.6. The highest BCUT2D eigenvalue weighted by Gasteiger charge is 2.33. The number of ether oxygens (including phenoxy) is 1. The molecule has 0 unspecified atom stereocenters. The number of halogens is 3. The molecule has 1 aromatic heterocycles. The molecule has 0 spiro atoms. The van der Waals surface area contributed by atoms with E-state index in [1.165, 1.54) is 0 Å². The molecule has 2 aromatic rings. The van der Waals surface area contributed by atoms with Crippen LogP contribution in [0.1, 0.15) is 25.5 Å². The molecule has 108 valence electrons. The van der Waals surface area contributed by atoms with Gasteiger partial charge in [0.1, 0.15) is 11.4 Å². The van der Waals surface area contributed by atoms with E-state index in [-0.39, 0.29) is 5.69 Å². The lowest BCUT2D eigenvalue weighted by Gasteiger charge is -2.09. The van der Waals surface area contributed by atoms with Crippen molar-refractivity contribution in [3.63, 3.8) is 0 Å². The number of H-pyrrole nitrogens is 1. The third kappa shape index (κ3) is 3.31. The second kappa shape index (κ2) is 5.98. The van der Waals surface area contributed by atoms with Gasteiger partial charge in [-0.3, -0.25) is 5.10 Å². The summed E-state index contributed by atoms with van der Waals surface area (Å²) in [5.74, 6) is 0.543. The molecule has 0 radical (unpaired) electrons. The molecule has 0 aliphatic heterocycles. The number of nitrogens with one attached hydrogen (secondary N) is 1. The summed E-state index contributed by atoms with van der Waals surface area (Å²) >= 11 is 0. The van der Waals surface area contributed by atoms with Crippen molar-refractivity contribution < 1.29 is 17.9 Å². The summed E-state index contributed by atoms with van der Waals surface area (Å²) in [5, 5.41) is 5.72. The van der Waals surface area contributed by atoms with Gasteiger partial charge in [0.25, 0.3) is 0 Å². The summed E-state index contributed by atoms with van der Waals surface area (Å²) in [7, 11) is 0. The van der Waals surface area contributed by atoms with Gasteiger partial charge < -0.3 is 4.74 Å². The average Bonchev–Trinajstić information content (AvgIpc) is 2.89. The summed E-state index contributed by atoms with van der Waals surface area (Å²) in [6, 6.07) is 7.93. The van der Waals surface area contributed by atoms with Crippen molar-refractivity contribution in [3.8, 4) is 17.0 Å². The van der Waals surface area contributed by atoms with E-state index in [9.17, 15) is 13.2 Å². The van der Waals surface area contributed by atoms with Crippen molar-refractivity contribution in [2.24, 2.45) is 0 Å². The number of aromatic amines is 1. The number of rotatable bonds is 5. The first kappa shape index (κ1) is 14.4. The Hall–Kier alpha value is -1.98. The third-order valence-electron chi connectivity index (χ3n) is 2.80. The first-order valence-corrected chi connectivity index (χ1v) is 6.37. The molecule has 20 heavy (non-hydrogen) atoms. The van der Waals surface area contributed by atoms with Crippen molar-refractivity contribution in [1.82, 2.24) is 10.2 Å². The molecule has 0 atom stereocenters. The predicted molar refractivity (Wildman–Crippen MR) is 69.4 cm³/mol. The number of hydrogen-bond acceptors (Lipinski definition) is 2. The van der Waals surface area contributed by atoms with Crippen LogP contribution < -0.4 is 4.74 Å². The molecule has 1 N–H and O–H groups in total. The van der Waals surface area contributed by atoms with Gasteiger partial charge >= 0.3 is 6.18 Å². The van der Waals surface area contributed by atoms with Gasteiger partial charge in [-0.15, -0.1) is 0 Å². The van der Waals surface area contributed by atoms with Gasteiger partial charge in [-0.05, 0) is 24.6 Å². The van der Waals surface area contributed by atoms with E-state index in [1.807, 2.05) is 12.0 Å². The predicted octanol–water partition coefficient (Wildman–Crippen LogP) is 4.27. The lowest BCUT2D eigenvalue weighted by atomic mass is 10.1. The maximum atomic E-state index is 12.6. The topological polar surface area (TPSA) is 37.9 Å². The van der Waals surface area contributed by atoms with Crippen LogP contribution in [0.2, 0.25) is 0 Å². The maximum Gasteiger partial charge on any atom is 0.432 e. The molecule has 6 heteroatoms. The molecule has 3 nitrogen and oxygen atoms in total. The van der Waals surface area contributed by atoms with Gasteiger partial charge in [-0.1, -0.05) is 25.5 Å². The van der Waals surface area contributed by atoms with E-state index < -0.39 is 11.9 Å². The highest BCUT2D eigenvalue weighted by Crippen LogP contribution is 2.33.